The predicted molar refractivity (Wildman–Crippen MR) is 86.7 cm³/mol. The van der Waals surface area contributed by atoms with Crippen molar-refractivity contribution < 1.29 is 14.0 Å². The van der Waals surface area contributed by atoms with Gasteiger partial charge in [-0.25, -0.2) is 0 Å². The first-order valence-electron chi connectivity index (χ1n) is 6.65. The van der Waals surface area contributed by atoms with Crippen molar-refractivity contribution in [1.82, 2.24) is 15.1 Å². The fourth-order valence-electron chi connectivity index (χ4n) is 2.00. The zero-order valence-electron chi connectivity index (χ0n) is 12.5. The Hall–Kier alpha value is -2.25. The van der Waals surface area contributed by atoms with Gasteiger partial charge in [-0.3, -0.25) is 19.8 Å². The molecule has 22 heavy (non-hydrogen) atoms. The molecule has 0 aromatic carbocycles. The largest absolute Gasteiger partial charge is 0.460 e. The van der Waals surface area contributed by atoms with E-state index in [-0.39, 0.29) is 17.2 Å². The number of amides is 2. The van der Waals surface area contributed by atoms with Gasteiger partial charge in [0, 0.05) is 6.54 Å². The summed E-state index contributed by atoms with van der Waals surface area (Å²) in [6.45, 7) is 4.44. The molecule has 0 aliphatic carbocycles. The highest BCUT2D eigenvalue weighted by molar-refractivity contribution is 7.80. The summed E-state index contributed by atoms with van der Waals surface area (Å²) in [5.41, 5.74) is -0.0128. The van der Waals surface area contributed by atoms with Crippen molar-refractivity contribution in [2.24, 2.45) is 0 Å². The van der Waals surface area contributed by atoms with Gasteiger partial charge < -0.3 is 9.32 Å². The smallest absolute Gasteiger partial charge is 0.266 e. The van der Waals surface area contributed by atoms with Crippen LogP contribution in [0.4, 0.5) is 0 Å². The lowest BCUT2D eigenvalue weighted by Gasteiger charge is -2.27. The highest BCUT2D eigenvalue weighted by atomic mass is 32.1. The third kappa shape index (κ3) is 3.49. The third-order valence-corrected chi connectivity index (χ3v) is 3.26. The molecule has 0 radical (unpaired) electrons. The number of hydrogen-bond acceptors (Lipinski definition) is 5. The Morgan fingerprint density at radius 2 is 2.14 bits per heavy atom. The molecule has 1 N–H and O–H groups in total. The van der Waals surface area contributed by atoms with Crippen LogP contribution in [0.1, 0.15) is 11.5 Å². The number of rotatable bonds is 5. The van der Waals surface area contributed by atoms with Crippen LogP contribution < -0.4 is 5.32 Å². The van der Waals surface area contributed by atoms with Crippen LogP contribution in [0.25, 0.3) is 6.08 Å². The summed E-state index contributed by atoms with van der Waals surface area (Å²) in [4.78, 5) is 27.5. The second-order valence-electron chi connectivity index (χ2n) is 5.06. The van der Waals surface area contributed by atoms with Crippen molar-refractivity contribution in [2.45, 2.75) is 6.54 Å². The van der Waals surface area contributed by atoms with E-state index in [1.165, 1.54) is 11.0 Å². The molecule has 7 heteroatoms. The Morgan fingerprint density at radius 1 is 1.41 bits per heavy atom. The van der Waals surface area contributed by atoms with E-state index in [1.54, 1.807) is 12.1 Å². The zero-order chi connectivity index (χ0) is 16.3. The van der Waals surface area contributed by atoms with Crippen LogP contribution in [-0.2, 0) is 16.1 Å². The molecule has 0 bridgehead atoms. The molecule has 0 spiro atoms. The van der Waals surface area contributed by atoms with Crippen LogP contribution in [0.3, 0.4) is 0 Å². The molecule has 1 saturated heterocycles. The molecule has 0 atom stereocenters. The van der Waals surface area contributed by atoms with Crippen LogP contribution in [-0.4, -0.2) is 47.4 Å². The highest BCUT2D eigenvalue weighted by Gasteiger charge is 2.32. The maximum atomic E-state index is 12.3. The zero-order valence-corrected chi connectivity index (χ0v) is 13.3. The van der Waals surface area contributed by atoms with Crippen molar-refractivity contribution in [1.29, 1.82) is 0 Å². The minimum atomic E-state index is -0.527. The minimum Gasteiger partial charge on any atom is -0.460 e. The van der Waals surface area contributed by atoms with E-state index in [0.29, 0.717) is 12.3 Å². The van der Waals surface area contributed by atoms with Gasteiger partial charge in [0.05, 0.1) is 6.54 Å². The summed E-state index contributed by atoms with van der Waals surface area (Å²) in [6.07, 6.45) is 2.97. The quantitative estimate of drug-likeness (QED) is 0.382. The second-order valence-corrected chi connectivity index (χ2v) is 5.45. The lowest BCUT2D eigenvalue weighted by Crippen LogP contribution is -2.53. The van der Waals surface area contributed by atoms with Gasteiger partial charge >= 0.3 is 0 Å². The molecule has 0 saturated carbocycles. The lowest BCUT2D eigenvalue weighted by molar-refractivity contribution is -0.128. The van der Waals surface area contributed by atoms with E-state index < -0.39 is 11.8 Å². The summed E-state index contributed by atoms with van der Waals surface area (Å²) >= 11 is 4.99. The second kappa shape index (κ2) is 6.67. The molecule has 6 nitrogen and oxygen atoms in total. The number of nitrogens with one attached hydrogen (secondary N) is 1. The summed E-state index contributed by atoms with van der Waals surface area (Å²) in [5.74, 6) is 0.209. The van der Waals surface area contributed by atoms with Crippen LogP contribution in [0.5, 0.6) is 0 Å². The fourth-order valence-corrected chi connectivity index (χ4v) is 2.25. The molecule has 0 unspecified atom stereocenters. The van der Waals surface area contributed by atoms with Crippen molar-refractivity contribution in [3.05, 3.63) is 41.9 Å². The Bertz CT molecular complexity index is 661. The average Bonchev–Trinajstić information content (AvgIpc) is 2.86. The first-order valence-corrected chi connectivity index (χ1v) is 7.06. The topological polar surface area (TPSA) is 65.8 Å². The van der Waals surface area contributed by atoms with Crippen LogP contribution in [0, 0.1) is 0 Å². The standard InChI is InChI=1S/C15H17N3O3S/c1-4-7-18-14(20)12(13(19)16-15(18)22)8-10-5-6-11(21-10)9-17(2)3/h4-6,8H,1,7,9H2,2-3H3,(H,16,19,22)/b12-8+. The summed E-state index contributed by atoms with van der Waals surface area (Å²) in [6, 6.07) is 3.53. The fraction of sp³-hybridized carbons (Fsp3) is 0.267. The van der Waals surface area contributed by atoms with E-state index in [9.17, 15) is 9.59 Å². The minimum absolute atomic E-state index is 0.0128. The summed E-state index contributed by atoms with van der Waals surface area (Å²) in [7, 11) is 3.85. The maximum absolute atomic E-state index is 12.3. The van der Waals surface area contributed by atoms with E-state index in [2.05, 4.69) is 11.9 Å². The van der Waals surface area contributed by atoms with E-state index in [0.717, 1.165) is 5.76 Å². The summed E-state index contributed by atoms with van der Waals surface area (Å²) in [5, 5.41) is 2.57. The molecule has 1 aliphatic heterocycles. The molecule has 2 heterocycles. The van der Waals surface area contributed by atoms with E-state index >= 15 is 0 Å². The first-order chi connectivity index (χ1) is 10.4. The number of carbonyl (C=O) groups excluding carboxylic acids is 2. The normalized spacial score (nSPS) is 17.3. The van der Waals surface area contributed by atoms with Crippen LogP contribution in [0.15, 0.2) is 34.8 Å². The third-order valence-electron chi connectivity index (χ3n) is 2.94. The Balaban J connectivity index is 2.26. The molecular formula is C15H17N3O3S. The van der Waals surface area contributed by atoms with Gasteiger partial charge in [0.2, 0.25) is 0 Å². The molecule has 1 fully saturated rings. The molecule has 1 aromatic rings. The average molecular weight is 319 g/mol. The molecule has 2 rings (SSSR count). The number of carbonyl (C=O) groups is 2. The SMILES string of the molecule is C=CCN1C(=O)/C(=C/c2ccc(CN(C)C)o2)C(=O)NC1=S. The van der Waals surface area contributed by atoms with Gasteiger partial charge in [0.25, 0.3) is 11.8 Å². The summed E-state index contributed by atoms with van der Waals surface area (Å²) < 4.78 is 5.59. The van der Waals surface area contributed by atoms with Crippen molar-refractivity contribution in [3.63, 3.8) is 0 Å². The van der Waals surface area contributed by atoms with Gasteiger partial charge in [-0.05, 0) is 44.5 Å². The number of furan rings is 1. The number of nitrogens with zero attached hydrogens (tertiary/aromatic N) is 2. The Morgan fingerprint density at radius 3 is 2.77 bits per heavy atom. The molecule has 1 aromatic heterocycles. The maximum Gasteiger partial charge on any atom is 0.266 e. The Kier molecular flexibility index (Phi) is 4.89. The highest BCUT2D eigenvalue weighted by Crippen LogP contribution is 2.17. The number of thiocarbonyl (C=S) groups is 1. The predicted octanol–water partition coefficient (Wildman–Crippen LogP) is 1.15. The van der Waals surface area contributed by atoms with Gasteiger partial charge in [0.1, 0.15) is 17.1 Å². The van der Waals surface area contributed by atoms with Crippen molar-refractivity contribution in [2.75, 3.05) is 20.6 Å². The molecule has 116 valence electrons. The Labute approximate surface area is 134 Å². The number of hydrogen-bond donors (Lipinski definition) is 1. The van der Waals surface area contributed by atoms with Gasteiger partial charge in [0.15, 0.2) is 5.11 Å². The van der Waals surface area contributed by atoms with Gasteiger partial charge in [-0.15, -0.1) is 6.58 Å². The van der Waals surface area contributed by atoms with Crippen molar-refractivity contribution in [3.8, 4) is 0 Å². The van der Waals surface area contributed by atoms with Crippen molar-refractivity contribution >= 4 is 35.2 Å². The lowest BCUT2D eigenvalue weighted by atomic mass is 10.1. The van der Waals surface area contributed by atoms with Crippen LogP contribution in [0.2, 0.25) is 0 Å². The van der Waals surface area contributed by atoms with E-state index in [1.807, 2.05) is 25.1 Å². The molecule has 1 aliphatic rings. The van der Waals surface area contributed by atoms with Gasteiger partial charge in [-0.1, -0.05) is 6.08 Å². The monoisotopic (exact) mass is 319 g/mol. The van der Waals surface area contributed by atoms with E-state index in [4.69, 9.17) is 16.6 Å². The molecule has 2 amide bonds. The molecular weight excluding hydrogens is 302 g/mol. The van der Waals surface area contributed by atoms with Gasteiger partial charge in [-0.2, -0.15) is 0 Å². The first kappa shape index (κ1) is 16.1. The van der Waals surface area contributed by atoms with Crippen LogP contribution >= 0.6 is 12.2 Å².